The Hall–Kier alpha value is -2.06. The minimum Gasteiger partial charge on any atom is -0.453 e. The normalized spacial score (nSPS) is 27.8. The minimum absolute atomic E-state index is 0.152. The zero-order chi connectivity index (χ0) is 24.9. The van der Waals surface area contributed by atoms with Crippen LogP contribution >= 0.6 is 0 Å². The Bertz CT molecular complexity index is 924. The van der Waals surface area contributed by atoms with Gasteiger partial charge < -0.3 is 9.47 Å². The number of hydrogen-bond donors (Lipinski definition) is 1. The Labute approximate surface area is 195 Å². The molecule has 2 aliphatic rings. The van der Waals surface area contributed by atoms with Crippen molar-refractivity contribution in [1.29, 1.82) is 0 Å². The second kappa shape index (κ2) is 11.6. The predicted molar refractivity (Wildman–Crippen MR) is 112 cm³/mol. The van der Waals surface area contributed by atoms with Crippen LogP contribution in [-0.2, 0) is 25.9 Å². The lowest BCUT2D eigenvalue weighted by molar-refractivity contribution is -0.0284. The highest BCUT2D eigenvalue weighted by molar-refractivity contribution is 7.89. The number of carbonyl (C=O) groups excluding carboxylic acids is 1. The molecule has 5 atom stereocenters. The summed E-state index contributed by atoms with van der Waals surface area (Å²) in [6, 6.07) is -5.59. The molecule has 1 saturated carbocycles. The number of likely N-dealkylation sites (tertiary alicyclic amines) is 1. The Kier molecular flexibility index (Phi) is 9.04. The first-order valence-corrected chi connectivity index (χ1v) is 12.6. The standard InChI is InChI=1S/C20H28F4N4O5S/c1-32-20(29)28-16(19(23)24)7-15(27-34(30,31)11-21)17(28)10-33-14-4-2-3-12(5-14)6-18-25-8-13(22)9-26-18/h8-9,12,14-17,19,27H,2-7,10-11H2,1H3/t12-,14-,15-,16?,17-/m0/s1. The van der Waals surface area contributed by atoms with Crippen LogP contribution in [0.25, 0.3) is 0 Å². The van der Waals surface area contributed by atoms with Gasteiger partial charge >= 0.3 is 6.09 Å². The number of alkyl halides is 3. The maximum Gasteiger partial charge on any atom is 0.410 e. The number of rotatable bonds is 9. The highest BCUT2D eigenvalue weighted by Gasteiger charge is 2.49. The number of halogens is 4. The Morgan fingerprint density at radius 1 is 1.26 bits per heavy atom. The number of aromatic nitrogens is 2. The largest absolute Gasteiger partial charge is 0.453 e. The summed E-state index contributed by atoms with van der Waals surface area (Å²) in [6.07, 6.45) is 1.01. The minimum atomic E-state index is -4.37. The zero-order valence-corrected chi connectivity index (χ0v) is 19.4. The molecule has 3 rings (SSSR count). The molecule has 14 heteroatoms. The summed E-state index contributed by atoms with van der Waals surface area (Å²) in [7, 11) is -3.33. The van der Waals surface area contributed by atoms with Crippen LogP contribution in [-0.4, -0.2) is 79.8 Å². The van der Waals surface area contributed by atoms with Crippen molar-refractivity contribution in [3.05, 3.63) is 24.0 Å². The van der Waals surface area contributed by atoms with Gasteiger partial charge in [-0.25, -0.2) is 45.5 Å². The molecule has 192 valence electrons. The molecule has 1 amide bonds. The summed E-state index contributed by atoms with van der Waals surface area (Å²) < 4.78 is 89.5. The fourth-order valence-electron chi connectivity index (χ4n) is 4.67. The predicted octanol–water partition coefficient (Wildman–Crippen LogP) is 2.42. The molecular weight excluding hydrogens is 484 g/mol. The van der Waals surface area contributed by atoms with Crippen LogP contribution in [0.5, 0.6) is 0 Å². The molecule has 1 aliphatic carbocycles. The summed E-state index contributed by atoms with van der Waals surface area (Å²) in [4.78, 5) is 21.0. The Morgan fingerprint density at radius 3 is 2.59 bits per heavy atom. The van der Waals surface area contributed by atoms with Crippen LogP contribution in [0.1, 0.15) is 37.9 Å². The lowest BCUT2D eigenvalue weighted by Gasteiger charge is -2.33. The molecule has 1 unspecified atom stereocenters. The van der Waals surface area contributed by atoms with E-state index in [-0.39, 0.29) is 18.6 Å². The first-order valence-electron chi connectivity index (χ1n) is 10.9. The van der Waals surface area contributed by atoms with E-state index >= 15 is 0 Å². The van der Waals surface area contributed by atoms with E-state index in [4.69, 9.17) is 4.74 Å². The van der Waals surface area contributed by atoms with E-state index in [0.717, 1.165) is 37.2 Å². The molecule has 34 heavy (non-hydrogen) atoms. The van der Waals surface area contributed by atoms with Gasteiger partial charge in [0.05, 0.1) is 44.3 Å². The fourth-order valence-corrected chi connectivity index (χ4v) is 5.45. The maximum atomic E-state index is 13.6. The molecule has 1 N–H and O–H groups in total. The average molecular weight is 513 g/mol. The Morgan fingerprint density at radius 2 is 1.97 bits per heavy atom. The quantitative estimate of drug-likeness (QED) is 0.506. The van der Waals surface area contributed by atoms with Gasteiger partial charge in [0.25, 0.3) is 6.43 Å². The molecule has 1 saturated heterocycles. The number of carbonyl (C=O) groups is 1. The summed E-state index contributed by atoms with van der Waals surface area (Å²) in [5.41, 5.74) is 0. The number of methoxy groups -OCH3 is 1. The lowest BCUT2D eigenvalue weighted by atomic mass is 9.85. The van der Waals surface area contributed by atoms with Gasteiger partial charge in [-0.2, -0.15) is 0 Å². The summed E-state index contributed by atoms with van der Waals surface area (Å²) in [5, 5.41) is 0. The van der Waals surface area contributed by atoms with E-state index in [2.05, 4.69) is 19.4 Å². The van der Waals surface area contributed by atoms with E-state index in [9.17, 15) is 30.8 Å². The van der Waals surface area contributed by atoms with Crippen molar-refractivity contribution in [1.82, 2.24) is 19.6 Å². The van der Waals surface area contributed by atoms with Crippen LogP contribution in [0.4, 0.5) is 22.4 Å². The number of hydrogen-bond acceptors (Lipinski definition) is 7. The average Bonchev–Trinajstić information content (AvgIpc) is 3.16. The fraction of sp³-hybridized carbons (Fsp3) is 0.750. The van der Waals surface area contributed by atoms with Crippen molar-refractivity contribution in [2.75, 3.05) is 19.7 Å². The van der Waals surface area contributed by atoms with Crippen molar-refractivity contribution in [2.24, 2.45) is 5.92 Å². The van der Waals surface area contributed by atoms with Crippen LogP contribution in [0.3, 0.4) is 0 Å². The maximum absolute atomic E-state index is 13.6. The van der Waals surface area contributed by atoms with Gasteiger partial charge in [0, 0.05) is 12.5 Å². The van der Waals surface area contributed by atoms with Crippen LogP contribution in [0.2, 0.25) is 0 Å². The number of nitrogens with one attached hydrogen (secondary N) is 1. The Balaban J connectivity index is 1.68. The molecule has 0 bridgehead atoms. The van der Waals surface area contributed by atoms with E-state index in [1.165, 1.54) is 0 Å². The molecule has 2 heterocycles. The lowest BCUT2D eigenvalue weighted by Crippen LogP contribution is -2.51. The van der Waals surface area contributed by atoms with Gasteiger partial charge in [-0.15, -0.1) is 0 Å². The molecule has 0 radical (unpaired) electrons. The number of ether oxygens (including phenoxy) is 2. The first kappa shape index (κ1) is 26.5. The van der Waals surface area contributed by atoms with Gasteiger partial charge in [0.1, 0.15) is 5.82 Å². The number of sulfonamides is 1. The van der Waals surface area contributed by atoms with Crippen LogP contribution < -0.4 is 4.72 Å². The third-order valence-electron chi connectivity index (χ3n) is 6.21. The molecule has 1 aromatic heterocycles. The first-order chi connectivity index (χ1) is 16.1. The van der Waals surface area contributed by atoms with Gasteiger partial charge in [-0.05, 0) is 31.6 Å². The van der Waals surface area contributed by atoms with Gasteiger partial charge in [-0.1, -0.05) is 6.42 Å². The van der Waals surface area contributed by atoms with Crippen molar-refractivity contribution < 1.29 is 40.2 Å². The van der Waals surface area contributed by atoms with E-state index < -0.39 is 58.9 Å². The number of nitrogens with zero attached hydrogens (tertiary/aromatic N) is 3. The topological polar surface area (TPSA) is 111 Å². The third kappa shape index (κ3) is 6.75. The molecule has 2 fully saturated rings. The monoisotopic (exact) mass is 512 g/mol. The molecule has 1 aromatic rings. The van der Waals surface area contributed by atoms with Crippen molar-refractivity contribution in [3.63, 3.8) is 0 Å². The van der Waals surface area contributed by atoms with Crippen molar-refractivity contribution in [3.8, 4) is 0 Å². The second-order valence-corrected chi connectivity index (χ2v) is 10.2. The summed E-state index contributed by atoms with van der Waals surface area (Å²) >= 11 is 0. The van der Waals surface area contributed by atoms with E-state index in [1.807, 2.05) is 0 Å². The highest BCUT2D eigenvalue weighted by Crippen LogP contribution is 2.33. The second-order valence-electron chi connectivity index (χ2n) is 8.54. The SMILES string of the molecule is COC(=O)N1C(C(F)F)C[C@H](NS(=O)(=O)CF)[C@@H]1CO[C@H]1CCC[C@H](Cc2ncc(F)cn2)C1. The van der Waals surface area contributed by atoms with Crippen molar-refractivity contribution in [2.45, 2.75) is 69.2 Å². The number of amides is 1. The van der Waals surface area contributed by atoms with Gasteiger partial charge in [0.2, 0.25) is 16.0 Å². The third-order valence-corrected chi connectivity index (χ3v) is 7.16. The molecule has 1 aliphatic heterocycles. The highest BCUT2D eigenvalue weighted by atomic mass is 32.2. The smallest absolute Gasteiger partial charge is 0.410 e. The van der Waals surface area contributed by atoms with Gasteiger partial charge in [-0.3, -0.25) is 4.90 Å². The summed E-state index contributed by atoms with van der Waals surface area (Å²) in [5.74, 6) is 0.125. The van der Waals surface area contributed by atoms with E-state index in [1.54, 1.807) is 0 Å². The zero-order valence-electron chi connectivity index (χ0n) is 18.6. The van der Waals surface area contributed by atoms with Crippen LogP contribution in [0.15, 0.2) is 12.4 Å². The van der Waals surface area contributed by atoms with Crippen LogP contribution in [0, 0.1) is 11.7 Å². The molecule has 0 aromatic carbocycles. The molecule has 0 spiro atoms. The van der Waals surface area contributed by atoms with Crippen molar-refractivity contribution >= 4 is 16.1 Å². The van der Waals surface area contributed by atoms with Gasteiger partial charge in [0.15, 0.2) is 5.82 Å². The van der Waals surface area contributed by atoms with E-state index in [0.29, 0.717) is 25.1 Å². The molecule has 9 nitrogen and oxygen atoms in total. The summed E-state index contributed by atoms with van der Waals surface area (Å²) in [6.45, 7) is -0.234. The molecular formula is C20H28F4N4O5S.